The Bertz CT molecular complexity index is 571. The summed E-state index contributed by atoms with van der Waals surface area (Å²) in [5.74, 6) is -1.86. The lowest BCUT2D eigenvalue weighted by Crippen LogP contribution is -2.45. The first kappa shape index (κ1) is 16.1. The Hall–Kier alpha value is -1.93. The fourth-order valence-electron chi connectivity index (χ4n) is 1.43. The molecule has 0 aliphatic rings. The topological polar surface area (TPSA) is 113 Å². The Morgan fingerprint density at radius 3 is 2.35 bits per heavy atom. The van der Waals surface area contributed by atoms with Crippen molar-refractivity contribution in [3.8, 4) is 0 Å². The number of nitrogens with one attached hydrogen (secondary N) is 2. The summed E-state index contributed by atoms with van der Waals surface area (Å²) in [5.41, 5.74) is 0. The molecular formula is C12H16N2O5S. The highest BCUT2D eigenvalue weighted by atomic mass is 32.2. The van der Waals surface area contributed by atoms with Gasteiger partial charge in [-0.3, -0.25) is 4.79 Å². The standard InChI is InChI=1S/C12H16N2O5S/c1-2-10(12(16)17)14-11(15)8-13-20(18,19)9-6-4-3-5-7-9/h3-7,10,13H,2,8H2,1H3,(H,14,15)(H,16,17). The van der Waals surface area contributed by atoms with Gasteiger partial charge in [-0.05, 0) is 18.6 Å². The maximum Gasteiger partial charge on any atom is 0.326 e. The van der Waals surface area contributed by atoms with Gasteiger partial charge >= 0.3 is 5.97 Å². The molecule has 8 heteroatoms. The van der Waals surface area contributed by atoms with Crippen molar-refractivity contribution < 1.29 is 23.1 Å². The van der Waals surface area contributed by atoms with Crippen LogP contribution in [0.5, 0.6) is 0 Å². The van der Waals surface area contributed by atoms with Crippen molar-refractivity contribution in [2.75, 3.05) is 6.54 Å². The van der Waals surface area contributed by atoms with E-state index in [4.69, 9.17) is 5.11 Å². The van der Waals surface area contributed by atoms with Gasteiger partial charge in [0.15, 0.2) is 0 Å². The van der Waals surface area contributed by atoms with E-state index in [1.54, 1.807) is 25.1 Å². The van der Waals surface area contributed by atoms with Crippen molar-refractivity contribution in [3.05, 3.63) is 30.3 Å². The molecule has 0 aliphatic heterocycles. The highest BCUT2D eigenvalue weighted by Crippen LogP contribution is 2.06. The van der Waals surface area contributed by atoms with Crippen LogP contribution in [0.3, 0.4) is 0 Å². The molecule has 7 nitrogen and oxygen atoms in total. The number of hydrogen-bond acceptors (Lipinski definition) is 4. The molecule has 110 valence electrons. The molecule has 1 atom stereocenters. The van der Waals surface area contributed by atoms with E-state index in [2.05, 4.69) is 10.0 Å². The Labute approximate surface area is 117 Å². The first-order chi connectivity index (χ1) is 9.36. The average molecular weight is 300 g/mol. The van der Waals surface area contributed by atoms with Crippen molar-refractivity contribution in [1.82, 2.24) is 10.0 Å². The van der Waals surface area contributed by atoms with Crippen molar-refractivity contribution in [2.24, 2.45) is 0 Å². The zero-order valence-electron chi connectivity index (χ0n) is 10.9. The number of aliphatic carboxylic acids is 1. The summed E-state index contributed by atoms with van der Waals surface area (Å²) in [5, 5.41) is 11.0. The second-order valence-corrected chi connectivity index (χ2v) is 5.77. The van der Waals surface area contributed by atoms with E-state index in [0.29, 0.717) is 0 Å². The van der Waals surface area contributed by atoms with E-state index in [9.17, 15) is 18.0 Å². The van der Waals surface area contributed by atoms with E-state index in [0.717, 1.165) is 0 Å². The number of rotatable bonds is 7. The van der Waals surface area contributed by atoms with E-state index >= 15 is 0 Å². The highest BCUT2D eigenvalue weighted by Gasteiger charge is 2.19. The summed E-state index contributed by atoms with van der Waals surface area (Å²) in [6.45, 7) is 1.09. The van der Waals surface area contributed by atoms with Gasteiger partial charge in [0.1, 0.15) is 6.04 Å². The van der Waals surface area contributed by atoms with E-state index in [1.807, 2.05) is 0 Å². The van der Waals surface area contributed by atoms with Gasteiger partial charge in [-0.15, -0.1) is 0 Å². The van der Waals surface area contributed by atoms with Crippen LogP contribution in [0.2, 0.25) is 0 Å². The normalized spacial score (nSPS) is 12.7. The summed E-state index contributed by atoms with van der Waals surface area (Å²) >= 11 is 0. The third-order valence-electron chi connectivity index (χ3n) is 2.52. The Balaban J connectivity index is 2.59. The molecule has 0 aromatic heterocycles. The molecule has 0 saturated heterocycles. The molecule has 0 spiro atoms. The monoisotopic (exact) mass is 300 g/mol. The smallest absolute Gasteiger partial charge is 0.326 e. The molecule has 0 aliphatic carbocycles. The van der Waals surface area contributed by atoms with Gasteiger partial charge in [0, 0.05) is 0 Å². The number of benzene rings is 1. The zero-order valence-corrected chi connectivity index (χ0v) is 11.7. The van der Waals surface area contributed by atoms with Crippen LogP contribution < -0.4 is 10.0 Å². The predicted molar refractivity (Wildman–Crippen MR) is 71.5 cm³/mol. The largest absolute Gasteiger partial charge is 0.480 e. The van der Waals surface area contributed by atoms with Gasteiger partial charge in [-0.1, -0.05) is 25.1 Å². The Kier molecular flexibility index (Phi) is 5.66. The molecule has 0 bridgehead atoms. The first-order valence-corrected chi connectivity index (χ1v) is 7.42. The third-order valence-corrected chi connectivity index (χ3v) is 3.93. The summed E-state index contributed by atoms with van der Waals surface area (Å²) < 4.78 is 25.7. The van der Waals surface area contributed by atoms with Crippen LogP contribution in [0.4, 0.5) is 0 Å². The molecule has 0 radical (unpaired) electrons. The number of carboxylic acid groups (broad SMARTS) is 1. The van der Waals surface area contributed by atoms with E-state index in [1.165, 1.54) is 12.1 Å². The van der Waals surface area contributed by atoms with Gasteiger partial charge in [-0.2, -0.15) is 0 Å². The number of hydrogen-bond donors (Lipinski definition) is 3. The number of carbonyl (C=O) groups excluding carboxylic acids is 1. The predicted octanol–water partition coefficient (Wildman–Crippen LogP) is -0.0557. The van der Waals surface area contributed by atoms with Crippen LogP contribution in [-0.2, 0) is 19.6 Å². The lowest BCUT2D eigenvalue weighted by Gasteiger charge is -2.12. The molecule has 20 heavy (non-hydrogen) atoms. The van der Waals surface area contributed by atoms with Gasteiger partial charge in [0.2, 0.25) is 15.9 Å². The zero-order chi connectivity index (χ0) is 15.2. The van der Waals surface area contributed by atoms with Crippen molar-refractivity contribution in [2.45, 2.75) is 24.3 Å². The molecule has 0 heterocycles. The Morgan fingerprint density at radius 1 is 1.25 bits per heavy atom. The molecule has 0 saturated carbocycles. The number of amides is 1. The van der Waals surface area contributed by atoms with Crippen LogP contribution in [0.15, 0.2) is 35.2 Å². The molecule has 3 N–H and O–H groups in total. The maximum absolute atomic E-state index is 11.8. The van der Waals surface area contributed by atoms with Gasteiger partial charge in [0.05, 0.1) is 11.4 Å². The van der Waals surface area contributed by atoms with Gasteiger partial charge in [0.25, 0.3) is 0 Å². The van der Waals surface area contributed by atoms with Gasteiger partial charge < -0.3 is 10.4 Å². The number of carbonyl (C=O) groups is 2. The van der Waals surface area contributed by atoms with Crippen LogP contribution >= 0.6 is 0 Å². The lowest BCUT2D eigenvalue weighted by molar-refractivity contribution is -0.141. The first-order valence-electron chi connectivity index (χ1n) is 5.93. The summed E-state index contributed by atoms with van der Waals surface area (Å²) in [4.78, 5) is 22.3. The van der Waals surface area contributed by atoms with Crippen LogP contribution in [0.1, 0.15) is 13.3 Å². The summed E-state index contributed by atoms with van der Waals surface area (Å²) in [6.07, 6.45) is 0.215. The highest BCUT2D eigenvalue weighted by molar-refractivity contribution is 7.89. The van der Waals surface area contributed by atoms with E-state index < -0.39 is 34.5 Å². The Morgan fingerprint density at radius 2 is 1.85 bits per heavy atom. The summed E-state index contributed by atoms with van der Waals surface area (Å²) in [7, 11) is -3.78. The fourth-order valence-corrected chi connectivity index (χ4v) is 2.43. The molecule has 0 fully saturated rings. The second kappa shape index (κ2) is 7.01. The minimum absolute atomic E-state index is 0.0399. The van der Waals surface area contributed by atoms with Crippen molar-refractivity contribution in [1.29, 1.82) is 0 Å². The quantitative estimate of drug-likeness (QED) is 0.653. The molecule has 1 aromatic carbocycles. The molecule has 1 aromatic rings. The minimum atomic E-state index is -3.78. The number of sulfonamides is 1. The SMILES string of the molecule is CCC(NC(=O)CNS(=O)(=O)c1ccccc1)C(=O)O. The van der Waals surface area contributed by atoms with E-state index in [-0.39, 0.29) is 11.3 Å². The van der Waals surface area contributed by atoms with Crippen LogP contribution in [0.25, 0.3) is 0 Å². The minimum Gasteiger partial charge on any atom is -0.480 e. The fraction of sp³-hybridized carbons (Fsp3) is 0.333. The average Bonchev–Trinajstić information content (AvgIpc) is 2.43. The molecular weight excluding hydrogens is 284 g/mol. The van der Waals surface area contributed by atoms with Crippen LogP contribution in [-0.4, -0.2) is 38.0 Å². The third kappa shape index (κ3) is 4.63. The molecule has 1 rings (SSSR count). The second-order valence-electron chi connectivity index (χ2n) is 4.00. The molecule has 1 unspecified atom stereocenters. The summed E-state index contributed by atoms with van der Waals surface area (Å²) in [6, 6.07) is 6.56. The maximum atomic E-state index is 11.8. The van der Waals surface area contributed by atoms with Crippen molar-refractivity contribution >= 4 is 21.9 Å². The van der Waals surface area contributed by atoms with Gasteiger partial charge in [-0.25, -0.2) is 17.9 Å². The van der Waals surface area contributed by atoms with Crippen molar-refractivity contribution in [3.63, 3.8) is 0 Å². The molecule has 1 amide bonds. The van der Waals surface area contributed by atoms with Crippen LogP contribution in [0, 0.1) is 0 Å². The number of carboxylic acids is 1. The lowest BCUT2D eigenvalue weighted by atomic mass is 10.2.